The first kappa shape index (κ1) is 29.6. The van der Waals surface area contributed by atoms with E-state index in [0.29, 0.717) is 35.0 Å². The maximum absolute atomic E-state index is 11.1. The second kappa shape index (κ2) is 13.3. The summed E-state index contributed by atoms with van der Waals surface area (Å²) in [6.45, 7) is 9.80. The Hall–Kier alpha value is -0.350. The van der Waals surface area contributed by atoms with Crippen molar-refractivity contribution in [2.45, 2.75) is 154 Å². The van der Waals surface area contributed by atoms with E-state index in [1.165, 1.54) is 96.3 Å². The highest BCUT2D eigenvalue weighted by atomic mass is 32.2. The van der Waals surface area contributed by atoms with Crippen LogP contribution in [0.2, 0.25) is 0 Å². The Bertz CT molecular complexity index is 743. The lowest BCUT2D eigenvalue weighted by atomic mass is 9.66. The molecule has 3 nitrogen and oxygen atoms in total. The molecular weight excluding hydrogens is 472 g/mol. The van der Waals surface area contributed by atoms with Gasteiger partial charge < -0.3 is 15.5 Å². The first-order valence-corrected chi connectivity index (χ1v) is 17.2. The number of rotatable bonds is 12. The molecule has 0 radical (unpaired) electrons. The molecule has 3 saturated carbocycles. The number of nitrogens with one attached hydrogen (secondary N) is 2. The van der Waals surface area contributed by atoms with Gasteiger partial charge in [0.1, 0.15) is 6.29 Å². The molecule has 4 aliphatic rings. The molecule has 37 heavy (non-hydrogen) atoms. The highest BCUT2D eigenvalue weighted by molar-refractivity contribution is 7.99. The highest BCUT2D eigenvalue weighted by Crippen LogP contribution is 2.49. The van der Waals surface area contributed by atoms with E-state index in [-0.39, 0.29) is 5.41 Å². The fourth-order valence-electron chi connectivity index (χ4n) is 9.01. The third-order valence-corrected chi connectivity index (χ3v) is 13.3. The van der Waals surface area contributed by atoms with Crippen molar-refractivity contribution in [3.05, 3.63) is 0 Å². The van der Waals surface area contributed by atoms with E-state index in [1.807, 2.05) is 0 Å². The molecule has 212 valence electrons. The lowest BCUT2D eigenvalue weighted by Gasteiger charge is -2.41. The number of hydrogen-bond donors (Lipinski definition) is 2. The molecule has 1 aliphatic heterocycles. The molecular formula is C33H58N2OS. The van der Waals surface area contributed by atoms with Crippen LogP contribution in [-0.2, 0) is 4.79 Å². The summed E-state index contributed by atoms with van der Waals surface area (Å²) in [6, 6.07) is 1.41. The van der Waals surface area contributed by atoms with Gasteiger partial charge in [0.2, 0.25) is 0 Å². The van der Waals surface area contributed by atoms with Crippen LogP contribution in [0.4, 0.5) is 0 Å². The molecule has 2 N–H and O–H groups in total. The van der Waals surface area contributed by atoms with E-state index < -0.39 is 0 Å². The smallest absolute Gasteiger partial charge is 0.120 e. The minimum atomic E-state index is 0.0607. The molecule has 0 amide bonds. The van der Waals surface area contributed by atoms with Crippen LogP contribution in [-0.4, -0.2) is 35.1 Å². The van der Waals surface area contributed by atoms with Crippen LogP contribution in [0, 0.1) is 39.9 Å². The van der Waals surface area contributed by atoms with Crippen LogP contribution >= 0.6 is 11.8 Å². The van der Waals surface area contributed by atoms with Gasteiger partial charge in [0.25, 0.3) is 0 Å². The molecule has 6 atom stereocenters. The minimum absolute atomic E-state index is 0.0607. The summed E-state index contributed by atoms with van der Waals surface area (Å²) in [5.41, 5.74) is 1.49. The molecule has 0 aromatic rings. The number of fused-ring (bicyclic) bond motifs is 1. The third kappa shape index (κ3) is 7.05. The molecule has 4 heteroatoms. The Morgan fingerprint density at radius 3 is 2.30 bits per heavy atom. The Kier molecular flexibility index (Phi) is 10.7. The second-order valence-corrected chi connectivity index (χ2v) is 15.7. The second-order valence-electron chi connectivity index (χ2n) is 14.4. The maximum Gasteiger partial charge on any atom is 0.120 e. The minimum Gasteiger partial charge on any atom is -0.310 e. The molecule has 0 bridgehead atoms. The standard InChI is InChI=1S/C33H58N2OS/c1-32(2,26-14-6-5-7-15-26)29(34)20-18-24-12-10-13-25(31(24)37-23-11-22-36)19-21-30-33(3,4)27-16-8-9-17-28(27)35-30/h22,24-28,30-31,34-35H,5-21,23H2,1-4H3. The van der Waals surface area contributed by atoms with Crippen LogP contribution < -0.4 is 5.32 Å². The van der Waals surface area contributed by atoms with Gasteiger partial charge in [-0.05, 0) is 93.3 Å². The number of hydrogen-bond acceptors (Lipinski definition) is 4. The summed E-state index contributed by atoms with van der Waals surface area (Å²) in [7, 11) is 0. The maximum atomic E-state index is 11.1. The summed E-state index contributed by atoms with van der Waals surface area (Å²) < 4.78 is 0. The van der Waals surface area contributed by atoms with Crippen molar-refractivity contribution < 1.29 is 4.79 Å². The average molecular weight is 531 g/mol. The van der Waals surface area contributed by atoms with E-state index in [0.717, 1.165) is 42.0 Å². The fraction of sp³-hybridized carbons (Fsp3) is 0.939. The molecule has 4 rings (SSSR count). The quantitative estimate of drug-likeness (QED) is 0.150. The molecule has 0 aromatic heterocycles. The van der Waals surface area contributed by atoms with Crippen LogP contribution in [0.15, 0.2) is 0 Å². The number of carbonyl (C=O) groups excluding carboxylic acids is 1. The Morgan fingerprint density at radius 2 is 1.59 bits per heavy atom. The molecule has 0 spiro atoms. The van der Waals surface area contributed by atoms with Crippen LogP contribution in [0.5, 0.6) is 0 Å². The Morgan fingerprint density at radius 1 is 0.919 bits per heavy atom. The van der Waals surface area contributed by atoms with E-state index in [2.05, 4.69) is 44.8 Å². The van der Waals surface area contributed by atoms with Crippen molar-refractivity contribution in [1.29, 1.82) is 5.41 Å². The molecule has 3 aliphatic carbocycles. The van der Waals surface area contributed by atoms with Gasteiger partial charge in [-0.25, -0.2) is 0 Å². The molecule has 0 aromatic carbocycles. The van der Waals surface area contributed by atoms with Crippen molar-refractivity contribution in [1.82, 2.24) is 5.32 Å². The number of thioether (sulfide) groups is 1. The average Bonchev–Trinajstić information content (AvgIpc) is 3.16. The molecule has 1 saturated heterocycles. The predicted molar refractivity (Wildman–Crippen MR) is 161 cm³/mol. The lowest BCUT2D eigenvalue weighted by molar-refractivity contribution is -0.107. The van der Waals surface area contributed by atoms with E-state index >= 15 is 0 Å². The van der Waals surface area contributed by atoms with Gasteiger partial charge in [-0.2, -0.15) is 11.8 Å². The summed E-state index contributed by atoms with van der Waals surface area (Å²) >= 11 is 2.11. The largest absolute Gasteiger partial charge is 0.310 e. The van der Waals surface area contributed by atoms with E-state index in [4.69, 9.17) is 5.41 Å². The Labute approximate surface area is 233 Å². The molecule has 4 fully saturated rings. The van der Waals surface area contributed by atoms with E-state index in [9.17, 15) is 4.79 Å². The fourth-order valence-corrected chi connectivity index (χ4v) is 10.6. The van der Waals surface area contributed by atoms with Crippen LogP contribution in [0.25, 0.3) is 0 Å². The molecule has 6 unspecified atom stereocenters. The van der Waals surface area contributed by atoms with Crippen molar-refractivity contribution in [3.63, 3.8) is 0 Å². The lowest BCUT2D eigenvalue weighted by Crippen LogP contribution is -2.38. The Balaban J connectivity index is 1.35. The van der Waals surface area contributed by atoms with Gasteiger partial charge in [-0.1, -0.05) is 66.2 Å². The van der Waals surface area contributed by atoms with Crippen molar-refractivity contribution in [2.75, 3.05) is 5.75 Å². The first-order chi connectivity index (χ1) is 17.7. The zero-order valence-electron chi connectivity index (χ0n) is 24.7. The van der Waals surface area contributed by atoms with Crippen molar-refractivity contribution in [2.24, 2.45) is 34.5 Å². The zero-order valence-corrected chi connectivity index (χ0v) is 25.5. The zero-order chi connectivity index (χ0) is 26.5. The van der Waals surface area contributed by atoms with E-state index in [1.54, 1.807) is 0 Å². The van der Waals surface area contributed by atoms with Crippen molar-refractivity contribution >= 4 is 23.8 Å². The van der Waals surface area contributed by atoms with Crippen LogP contribution in [0.1, 0.15) is 137 Å². The highest BCUT2D eigenvalue weighted by Gasteiger charge is 2.49. The first-order valence-electron chi connectivity index (χ1n) is 16.1. The number of aldehydes is 1. The van der Waals surface area contributed by atoms with Gasteiger partial charge in [0, 0.05) is 40.6 Å². The monoisotopic (exact) mass is 530 g/mol. The molecule has 1 heterocycles. The normalized spacial score (nSPS) is 34.7. The van der Waals surface area contributed by atoms with Gasteiger partial charge >= 0.3 is 0 Å². The SMILES string of the molecule is CC(C)(C(=N)CCC1CCCC(CCC2NC3CCCCC3C2(C)C)C1SCCC=O)C1CCCCC1. The summed E-state index contributed by atoms with van der Waals surface area (Å²) in [5, 5.41) is 13.9. The van der Waals surface area contributed by atoms with Gasteiger partial charge in [0.15, 0.2) is 0 Å². The van der Waals surface area contributed by atoms with Gasteiger partial charge in [-0.15, -0.1) is 0 Å². The van der Waals surface area contributed by atoms with Crippen LogP contribution in [0.3, 0.4) is 0 Å². The van der Waals surface area contributed by atoms with Gasteiger partial charge in [0.05, 0.1) is 0 Å². The predicted octanol–water partition coefficient (Wildman–Crippen LogP) is 8.84. The number of carbonyl (C=O) groups is 1. The topological polar surface area (TPSA) is 53.0 Å². The van der Waals surface area contributed by atoms with Crippen molar-refractivity contribution in [3.8, 4) is 0 Å². The summed E-state index contributed by atoms with van der Waals surface area (Å²) in [5.74, 6) is 4.03. The van der Waals surface area contributed by atoms with Gasteiger partial charge in [-0.3, -0.25) is 0 Å². The third-order valence-electron chi connectivity index (χ3n) is 11.7. The summed E-state index contributed by atoms with van der Waals surface area (Å²) in [4.78, 5) is 11.1. The summed E-state index contributed by atoms with van der Waals surface area (Å²) in [6.07, 6.45) is 23.0.